The topological polar surface area (TPSA) is 36.8 Å². The Labute approximate surface area is 160 Å². The number of para-hydroxylation sites is 1. The second-order valence-electron chi connectivity index (χ2n) is 6.49. The molecule has 1 saturated heterocycles. The minimum atomic E-state index is -4.35. The van der Waals surface area contributed by atoms with E-state index in [2.05, 4.69) is 5.32 Å². The van der Waals surface area contributed by atoms with Gasteiger partial charge in [0.1, 0.15) is 0 Å². The molecule has 1 amide bonds. The van der Waals surface area contributed by atoms with E-state index in [9.17, 15) is 18.0 Å². The summed E-state index contributed by atoms with van der Waals surface area (Å²) in [7, 11) is 0. The van der Waals surface area contributed by atoms with Gasteiger partial charge in [-0.1, -0.05) is 29.8 Å². The Kier molecular flexibility index (Phi) is 5.92. The summed E-state index contributed by atoms with van der Waals surface area (Å²) in [4.78, 5) is 15.2. The van der Waals surface area contributed by atoms with Crippen LogP contribution in [0.4, 0.5) is 24.5 Å². The smallest absolute Gasteiger partial charge is 0.360 e. The highest BCUT2D eigenvalue weighted by Crippen LogP contribution is 2.31. The van der Waals surface area contributed by atoms with Crippen LogP contribution in [-0.2, 0) is 11.0 Å². The van der Waals surface area contributed by atoms with Gasteiger partial charge in [-0.2, -0.15) is 13.2 Å². The van der Waals surface area contributed by atoms with Crippen LogP contribution in [0.3, 0.4) is 0 Å². The predicted molar refractivity (Wildman–Crippen MR) is 99.3 cm³/mol. The number of anilines is 2. The summed E-state index contributed by atoms with van der Waals surface area (Å²) in [6.07, 6.45) is -4.35. The van der Waals surface area contributed by atoms with Gasteiger partial charge in [0.2, 0.25) is 0 Å². The fourth-order valence-electron chi connectivity index (χ4n) is 3.12. The molecule has 0 aromatic heterocycles. The van der Waals surface area contributed by atoms with E-state index in [1.165, 1.54) is 12.1 Å². The number of benzene rings is 2. The van der Waals surface area contributed by atoms with Gasteiger partial charge in [0, 0.05) is 5.69 Å². The first-order valence-electron chi connectivity index (χ1n) is 8.63. The minimum absolute atomic E-state index is 0.134. The van der Waals surface area contributed by atoms with Crippen molar-refractivity contribution in [2.45, 2.75) is 6.18 Å². The molecule has 0 saturated carbocycles. The van der Waals surface area contributed by atoms with Crippen LogP contribution < -0.4 is 15.1 Å². The molecule has 4 nitrogen and oxygen atoms in total. The molecule has 144 valence electrons. The zero-order valence-electron chi connectivity index (χ0n) is 14.5. The van der Waals surface area contributed by atoms with Crippen molar-refractivity contribution in [1.82, 2.24) is 0 Å². The molecule has 0 bridgehead atoms. The highest BCUT2D eigenvalue weighted by atomic mass is 35.5. The van der Waals surface area contributed by atoms with Crippen molar-refractivity contribution in [3.05, 3.63) is 59.1 Å². The number of quaternary nitrogens is 1. The lowest BCUT2D eigenvalue weighted by atomic mass is 10.1. The van der Waals surface area contributed by atoms with Crippen LogP contribution in [-0.4, -0.2) is 38.6 Å². The number of piperazine rings is 1. The largest absolute Gasteiger partial charge is 0.416 e. The van der Waals surface area contributed by atoms with Crippen LogP contribution >= 0.6 is 11.6 Å². The van der Waals surface area contributed by atoms with Crippen LogP contribution in [0.2, 0.25) is 5.02 Å². The summed E-state index contributed by atoms with van der Waals surface area (Å²) in [5, 5.41) is 3.28. The van der Waals surface area contributed by atoms with Gasteiger partial charge in [-0.25, -0.2) is 0 Å². The summed E-state index contributed by atoms with van der Waals surface area (Å²) in [5.41, 5.74) is 0.490. The zero-order chi connectivity index (χ0) is 19.4. The maximum atomic E-state index is 12.9. The Balaban J connectivity index is 1.53. The normalized spacial score (nSPS) is 15.6. The molecular weight excluding hydrogens is 379 g/mol. The highest BCUT2D eigenvalue weighted by Gasteiger charge is 2.31. The van der Waals surface area contributed by atoms with Crippen LogP contribution in [0.15, 0.2) is 48.5 Å². The number of rotatable bonds is 4. The lowest BCUT2D eigenvalue weighted by Crippen LogP contribution is -3.15. The second kappa shape index (κ2) is 8.19. The fraction of sp³-hybridized carbons (Fsp3) is 0.316. The first-order valence-corrected chi connectivity index (χ1v) is 9.01. The molecule has 8 heteroatoms. The Hall–Kier alpha value is -2.25. The van der Waals surface area contributed by atoms with Crippen molar-refractivity contribution in [2.75, 3.05) is 42.9 Å². The molecule has 0 radical (unpaired) electrons. The number of hydrogen-bond acceptors (Lipinski definition) is 2. The Morgan fingerprint density at radius 1 is 1.11 bits per heavy atom. The van der Waals surface area contributed by atoms with Crippen LogP contribution in [0.1, 0.15) is 5.56 Å². The monoisotopic (exact) mass is 398 g/mol. The van der Waals surface area contributed by atoms with Gasteiger partial charge in [0.05, 0.1) is 42.5 Å². The van der Waals surface area contributed by atoms with E-state index in [4.69, 9.17) is 11.6 Å². The third-order valence-corrected chi connectivity index (χ3v) is 4.90. The molecular formula is C19H20ClF3N3O+. The second-order valence-corrected chi connectivity index (χ2v) is 6.90. The van der Waals surface area contributed by atoms with E-state index in [1.54, 1.807) is 30.3 Å². The molecule has 0 atom stereocenters. The first-order chi connectivity index (χ1) is 12.8. The first kappa shape index (κ1) is 19.5. The van der Waals surface area contributed by atoms with Gasteiger partial charge in [0.25, 0.3) is 5.91 Å². The summed E-state index contributed by atoms with van der Waals surface area (Å²) in [5.74, 6) is -0.134. The quantitative estimate of drug-likeness (QED) is 0.831. The molecule has 2 N–H and O–H groups in total. The number of nitrogens with zero attached hydrogens (tertiary/aromatic N) is 1. The van der Waals surface area contributed by atoms with Crippen molar-refractivity contribution in [1.29, 1.82) is 0 Å². The molecule has 0 unspecified atom stereocenters. The molecule has 27 heavy (non-hydrogen) atoms. The van der Waals surface area contributed by atoms with E-state index in [-0.39, 0.29) is 5.91 Å². The number of hydrogen-bond donors (Lipinski definition) is 2. The van der Waals surface area contributed by atoms with E-state index >= 15 is 0 Å². The van der Waals surface area contributed by atoms with Gasteiger partial charge in [0.15, 0.2) is 6.54 Å². The Bertz CT molecular complexity index is 805. The predicted octanol–water partition coefficient (Wildman–Crippen LogP) is 2.70. The number of carbonyl (C=O) groups excluding carboxylic acids is 1. The van der Waals surface area contributed by atoms with Crippen LogP contribution in [0, 0.1) is 0 Å². The number of nitrogens with one attached hydrogen (secondary N) is 2. The van der Waals surface area contributed by atoms with Crippen molar-refractivity contribution in [2.24, 2.45) is 0 Å². The Morgan fingerprint density at radius 3 is 2.48 bits per heavy atom. The third kappa shape index (κ3) is 5.14. The van der Waals surface area contributed by atoms with E-state index < -0.39 is 11.7 Å². The number of halogens is 4. The molecule has 3 rings (SSSR count). The average molecular weight is 399 g/mol. The van der Waals surface area contributed by atoms with E-state index in [0.29, 0.717) is 49.1 Å². The number of carbonyl (C=O) groups is 1. The molecule has 2 aromatic rings. The van der Waals surface area contributed by atoms with Crippen molar-refractivity contribution < 1.29 is 22.9 Å². The SMILES string of the molecule is O=C(C[NH+]1CCN(c2cccc(C(F)(F)F)c2)CC1)Nc1ccccc1Cl. The Morgan fingerprint density at radius 2 is 1.81 bits per heavy atom. The lowest BCUT2D eigenvalue weighted by molar-refractivity contribution is -0.892. The minimum Gasteiger partial charge on any atom is -0.360 e. The highest BCUT2D eigenvalue weighted by molar-refractivity contribution is 6.33. The van der Waals surface area contributed by atoms with Crippen molar-refractivity contribution >= 4 is 28.9 Å². The fourth-order valence-corrected chi connectivity index (χ4v) is 3.30. The van der Waals surface area contributed by atoms with Gasteiger partial charge < -0.3 is 15.1 Å². The molecule has 1 aliphatic heterocycles. The average Bonchev–Trinajstić information content (AvgIpc) is 2.64. The summed E-state index contributed by atoms with van der Waals surface area (Å²) in [6.45, 7) is 2.83. The van der Waals surface area contributed by atoms with Gasteiger partial charge in [-0.05, 0) is 30.3 Å². The lowest BCUT2D eigenvalue weighted by Gasteiger charge is -2.33. The van der Waals surface area contributed by atoms with Gasteiger partial charge >= 0.3 is 6.18 Å². The van der Waals surface area contributed by atoms with E-state index in [1.807, 2.05) is 4.90 Å². The summed E-state index contributed by atoms with van der Waals surface area (Å²) >= 11 is 6.03. The standard InChI is InChI=1S/C19H19ClF3N3O/c20-16-6-1-2-7-17(16)24-18(27)13-25-8-10-26(11-9-25)15-5-3-4-14(12-15)19(21,22)23/h1-7,12H,8-11,13H2,(H,24,27)/p+1. The zero-order valence-corrected chi connectivity index (χ0v) is 15.3. The van der Waals surface area contributed by atoms with Crippen LogP contribution in [0.5, 0.6) is 0 Å². The van der Waals surface area contributed by atoms with Gasteiger partial charge in [-0.3, -0.25) is 4.79 Å². The van der Waals surface area contributed by atoms with Gasteiger partial charge in [-0.15, -0.1) is 0 Å². The number of alkyl halides is 3. The van der Waals surface area contributed by atoms with Crippen molar-refractivity contribution in [3.8, 4) is 0 Å². The molecule has 1 aliphatic rings. The molecule has 0 spiro atoms. The van der Waals surface area contributed by atoms with Crippen LogP contribution in [0.25, 0.3) is 0 Å². The maximum absolute atomic E-state index is 12.9. The molecule has 2 aromatic carbocycles. The molecule has 1 fully saturated rings. The van der Waals surface area contributed by atoms with Crippen molar-refractivity contribution in [3.63, 3.8) is 0 Å². The molecule has 1 heterocycles. The molecule has 0 aliphatic carbocycles. The summed E-state index contributed by atoms with van der Waals surface area (Å²) < 4.78 is 38.6. The maximum Gasteiger partial charge on any atom is 0.416 e. The number of amides is 1. The summed E-state index contributed by atoms with van der Waals surface area (Å²) in [6, 6.07) is 12.4. The van der Waals surface area contributed by atoms with E-state index in [0.717, 1.165) is 11.0 Å². The third-order valence-electron chi connectivity index (χ3n) is 4.57.